The number of halogens is 1. The number of fused-ring (bicyclic) bond motifs is 1. The lowest BCUT2D eigenvalue weighted by atomic mass is 9.93. The van der Waals surface area contributed by atoms with Crippen LogP contribution in [0.3, 0.4) is 0 Å². The standard InChI is InChI=1S/C29H27FN2O4/c1-18(2)28-24(13-12-22(33)16-23(34)17-27(35)36)29(20-8-10-21(30)11-9-20)31-32-25(14-15-26(28)32)19-6-4-3-5-7-19/h3-15,18,22,33H,16-17H2,1-2H3,(H,35,36)/b13-12+. The van der Waals surface area contributed by atoms with Gasteiger partial charge in [-0.1, -0.05) is 56.3 Å². The van der Waals surface area contributed by atoms with Crippen molar-refractivity contribution in [3.8, 4) is 22.5 Å². The van der Waals surface area contributed by atoms with Gasteiger partial charge in [0, 0.05) is 23.1 Å². The van der Waals surface area contributed by atoms with Crippen LogP contribution in [0.5, 0.6) is 0 Å². The normalized spacial score (nSPS) is 12.5. The van der Waals surface area contributed by atoms with Crippen molar-refractivity contribution in [2.24, 2.45) is 0 Å². The highest BCUT2D eigenvalue weighted by molar-refractivity contribution is 5.95. The maximum absolute atomic E-state index is 13.7. The maximum atomic E-state index is 13.7. The van der Waals surface area contributed by atoms with Gasteiger partial charge < -0.3 is 10.2 Å². The number of aromatic nitrogens is 2. The quantitative estimate of drug-likeness (QED) is 0.295. The summed E-state index contributed by atoms with van der Waals surface area (Å²) in [6, 6.07) is 20.0. The van der Waals surface area contributed by atoms with Crippen LogP contribution in [0.15, 0.2) is 72.8 Å². The van der Waals surface area contributed by atoms with E-state index in [2.05, 4.69) is 13.8 Å². The SMILES string of the molecule is CC(C)c1c(/C=C/C(O)CC(=O)CC(=O)O)c(-c2ccc(F)cc2)nn2c(-c3ccccc3)ccc12. The minimum atomic E-state index is -1.23. The van der Waals surface area contributed by atoms with Gasteiger partial charge in [0.05, 0.1) is 23.0 Å². The summed E-state index contributed by atoms with van der Waals surface area (Å²) in [7, 11) is 0. The lowest BCUT2D eigenvalue weighted by Crippen LogP contribution is -2.14. The molecule has 0 radical (unpaired) electrons. The van der Waals surface area contributed by atoms with Gasteiger partial charge in [-0.25, -0.2) is 8.91 Å². The molecule has 0 bridgehead atoms. The first-order valence-electron chi connectivity index (χ1n) is 11.7. The Labute approximate surface area is 208 Å². The van der Waals surface area contributed by atoms with Gasteiger partial charge in [-0.3, -0.25) is 9.59 Å². The molecule has 2 heterocycles. The predicted octanol–water partition coefficient (Wildman–Crippen LogP) is 5.74. The number of aliphatic hydroxyl groups excluding tert-OH is 1. The fourth-order valence-corrected chi connectivity index (χ4v) is 4.33. The topological polar surface area (TPSA) is 91.9 Å². The molecule has 1 unspecified atom stereocenters. The zero-order valence-electron chi connectivity index (χ0n) is 20.1. The van der Waals surface area contributed by atoms with Gasteiger partial charge in [0.15, 0.2) is 0 Å². The monoisotopic (exact) mass is 486 g/mol. The third kappa shape index (κ3) is 5.42. The van der Waals surface area contributed by atoms with E-state index in [1.54, 1.807) is 18.2 Å². The second kappa shape index (κ2) is 10.7. The lowest BCUT2D eigenvalue weighted by Gasteiger charge is -2.18. The van der Waals surface area contributed by atoms with Crippen molar-refractivity contribution in [2.45, 2.75) is 38.7 Å². The third-order valence-corrected chi connectivity index (χ3v) is 5.91. The smallest absolute Gasteiger partial charge is 0.310 e. The summed E-state index contributed by atoms with van der Waals surface area (Å²) >= 11 is 0. The van der Waals surface area contributed by atoms with E-state index in [1.165, 1.54) is 18.2 Å². The second-order valence-electron chi connectivity index (χ2n) is 8.96. The van der Waals surface area contributed by atoms with E-state index >= 15 is 0 Å². The van der Waals surface area contributed by atoms with E-state index in [0.29, 0.717) is 11.3 Å². The average Bonchev–Trinajstić information content (AvgIpc) is 3.25. The highest BCUT2D eigenvalue weighted by Crippen LogP contribution is 2.35. The van der Waals surface area contributed by atoms with Crippen molar-refractivity contribution >= 4 is 23.3 Å². The van der Waals surface area contributed by atoms with E-state index in [-0.39, 0.29) is 18.2 Å². The van der Waals surface area contributed by atoms with E-state index < -0.39 is 24.3 Å². The van der Waals surface area contributed by atoms with Gasteiger partial charge in [-0.05, 0) is 47.9 Å². The number of rotatable bonds is 9. The molecule has 2 aromatic carbocycles. The number of ketones is 1. The minimum absolute atomic E-state index is 0.0682. The van der Waals surface area contributed by atoms with Crippen molar-refractivity contribution in [3.63, 3.8) is 0 Å². The Hall–Kier alpha value is -4.10. The van der Waals surface area contributed by atoms with Crippen LogP contribution in [0, 0.1) is 5.82 Å². The first kappa shape index (κ1) is 25.0. The van der Waals surface area contributed by atoms with Crippen molar-refractivity contribution < 1.29 is 24.2 Å². The van der Waals surface area contributed by atoms with Crippen LogP contribution >= 0.6 is 0 Å². The predicted molar refractivity (Wildman–Crippen MR) is 137 cm³/mol. The molecule has 0 fully saturated rings. The molecular formula is C29H27FN2O4. The van der Waals surface area contributed by atoms with Crippen LogP contribution in [0.4, 0.5) is 4.39 Å². The van der Waals surface area contributed by atoms with E-state index in [0.717, 1.165) is 27.9 Å². The number of nitrogens with zero attached hydrogens (tertiary/aromatic N) is 2. The molecule has 0 amide bonds. The molecule has 0 spiro atoms. The molecule has 7 heteroatoms. The number of hydrogen-bond donors (Lipinski definition) is 2. The molecule has 0 aliphatic carbocycles. The van der Waals surface area contributed by atoms with Gasteiger partial charge in [-0.2, -0.15) is 5.10 Å². The third-order valence-electron chi connectivity index (χ3n) is 5.91. The molecule has 184 valence electrons. The number of carboxylic acid groups (broad SMARTS) is 1. The van der Waals surface area contributed by atoms with E-state index in [4.69, 9.17) is 10.2 Å². The summed E-state index contributed by atoms with van der Waals surface area (Å²) in [6.07, 6.45) is 1.11. The van der Waals surface area contributed by atoms with Gasteiger partial charge in [0.2, 0.25) is 0 Å². The number of aliphatic hydroxyl groups is 1. The first-order chi connectivity index (χ1) is 17.2. The molecule has 36 heavy (non-hydrogen) atoms. The Bertz CT molecular complexity index is 1420. The summed E-state index contributed by atoms with van der Waals surface area (Å²) in [5.74, 6) is -2.08. The van der Waals surface area contributed by atoms with Gasteiger partial charge in [0.1, 0.15) is 18.0 Å². The maximum Gasteiger partial charge on any atom is 0.310 e. The van der Waals surface area contributed by atoms with Crippen molar-refractivity contribution in [3.05, 3.63) is 89.8 Å². The fraction of sp³-hybridized carbons (Fsp3) is 0.207. The Morgan fingerprint density at radius 1 is 1.00 bits per heavy atom. The van der Waals surface area contributed by atoms with Gasteiger partial charge >= 0.3 is 5.97 Å². The van der Waals surface area contributed by atoms with E-state index in [9.17, 15) is 19.1 Å². The van der Waals surface area contributed by atoms with Crippen LogP contribution in [0.25, 0.3) is 34.1 Å². The molecule has 0 aliphatic heterocycles. The summed E-state index contributed by atoms with van der Waals surface area (Å²) in [4.78, 5) is 22.6. The Morgan fingerprint density at radius 2 is 1.69 bits per heavy atom. The second-order valence-corrected chi connectivity index (χ2v) is 8.96. The summed E-state index contributed by atoms with van der Waals surface area (Å²) in [5.41, 5.74) is 5.82. The molecule has 2 aromatic heterocycles. The average molecular weight is 487 g/mol. The van der Waals surface area contributed by atoms with Crippen LogP contribution in [0.1, 0.15) is 43.7 Å². The zero-order valence-corrected chi connectivity index (χ0v) is 20.1. The molecule has 0 saturated carbocycles. The molecule has 4 rings (SSSR count). The van der Waals surface area contributed by atoms with Crippen molar-refractivity contribution in [2.75, 3.05) is 0 Å². The van der Waals surface area contributed by atoms with Crippen molar-refractivity contribution in [1.82, 2.24) is 9.61 Å². The summed E-state index contributed by atoms with van der Waals surface area (Å²) in [5, 5.41) is 24.2. The number of carboxylic acids is 1. The number of benzene rings is 2. The minimum Gasteiger partial charge on any atom is -0.481 e. The fourth-order valence-electron chi connectivity index (χ4n) is 4.33. The van der Waals surface area contributed by atoms with Gasteiger partial charge in [-0.15, -0.1) is 0 Å². The van der Waals surface area contributed by atoms with Crippen LogP contribution in [0.2, 0.25) is 0 Å². The molecule has 0 saturated heterocycles. The summed E-state index contributed by atoms with van der Waals surface area (Å²) in [6.45, 7) is 4.12. The highest BCUT2D eigenvalue weighted by atomic mass is 19.1. The van der Waals surface area contributed by atoms with Gasteiger partial charge in [0.25, 0.3) is 0 Å². The number of hydrogen-bond acceptors (Lipinski definition) is 4. The Balaban J connectivity index is 1.89. The largest absolute Gasteiger partial charge is 0.481 e. The summed E-state index contributed by atoms with van der Waals surface area (Å²) < 4.78 is 15.6. The molecule has 6 nitrogen and oxygen atoms in total. The van der Waals surface area contributed by atoms with E-state index in [1.807, 2.05) is 47.0 Å². The lowest BCUT2D eigenvalue weighted by molar-refractivity contribution is -0.140. The molecule has 4 aromatic rings. The molecule has 2 N–H and O–H groups in total. The van der Waals surface area contributed by atoms with Crippen LogP contribution < -0.4 is 0 Å². The van der Waals surface area contributed by atoms with Crippen LogP contribution in [-0.2, 0) is 9.59 Å². The molecule has 1 atom stereocenters. The number of carbonyl (C=O) groups excluding carboxylic acids is 1. The number of aliphatic carboxylic acids is 1. The first-order valence-corrected chi connectivity index (χ1v) is 11.7. The van der Waals surface area contributed by atoms with Crippen molar-refractivity contribution in [1.29, 1.82) is 0 Å². The molecule has 0 aliphatic rings. The highest BCUT2D eigenvalue weighted by Gasteiger charge is 2.20. The number of Topliss-reactive ketones (excluding diaryl/α,β-unsaturated/α-hetero) is 1. The molecular weight excluding hydrogens is 459 g/mol. The zero-order chi connectivity index (χ0) is 25.8. The Morgan fingerprint density at radius 3 is 2.33 bits per heavy atom. The number of carbonyl (C=O) groups is 2. The van der Waals surface area contributed by atoms with Crippen LogP contribution in [-0.4, -0.2) is 37.7 Å². The Kier molecular flexibility index (Phi) is 7.41.